The molecule has 118 valence electrons. The molecule has 2 nitrogen and oxygen atoms in total. The van der Waals surface area contributed by atoms with Crippen LogP contribution in [0.3, 0.4) is 0 Å². The summed E-state index contributed by atoms with van der Waals surface area (Å²) in [5.74, 6) is 0.662. The van der Waals surface area contributed by atoms with Gasteiger partial charge in [-0.15, -0.1) is 0 Å². The first-order chi connectivity index (χ1) is 10.0. The van der Waals surface area contributed by atoms with Crippen LogP contribution in [0.1, 0.15) is 53.0 Å². The number of hydrogen-bond donors (Lipinski definition) is 1. The van der Waals surface area contributed by atoms with E-state index in [1.54, 1.807) is 0 Å². The number of anilines is 1. The maximum atomic E-state index is 3.84. The Hall–Kier alpha value is -1.02. The lowest BCUT2D eigenvalue weighted by atomic mass is 9.86. The Bertz CT molecular complexity index is 431. The summed E-state index contributed by atoms with van der Waals surface area (Å²) in [5, 5.41) is 3.84. The lowest BCUT2D eigenvalue weighted by molar-refractivity contribution is 0.227. The van der Waals surface area contributed by atoms with E-state index in [0.717, 1.165) is 19.5 Å². The summed E-state index contributed by atoms with van der Waals surface area (Å²) in [6.07, 6.45) is 3.50. The molecule has 0 aliphatic carbocycles. The number of nitrogens with zero attached hydrogens (tertiary/aromatic N) is 1. The van der Waals surface area contributed by atoms with Crippen molar-refractivity contribution >= 4 is 5.69 Å². The largest absolute Gasteiger partial charge is 0.365 e. The molecule has 21 heavy (non-hydrogen) atoms. The molecule has 1 aliphatic rings. The van der Waals surface area contributed by atoms with E-state index in [1.807, 2.05) is 0 Å². The molecule has 1 saturated heterocycles. The molecular weight excluding hydrogens is 256 g/mol. The smallest absolute Gasteiger partial charge is 0.0438 e. The van der Waals surface area contributed by atoms with Gasteiger partial charge in [0, 0.05) is 30.4 Å². The molecule has 1 aliphatic heterocycles. The Kier molecular flexibility index (Phi) is 5.32. The van der Waals surface area contributed by atoms with Crippen LogP contribution in [0.15, 0.2) is 24.3 Å². The fourth-order valence-corrected chi connectivity index (χ4v) is 3.46. The molecule has 0 aromatic heterocycles. The van der Waals surface area contributed by atoms with Crippen LogP contribution < -0.4 is 10.2 Å². The van der Waals surface area contributed by atoms with E-state index in [1.165, 1.54) is 24.1 Å². The first-order valence-electron chi connectivity index (χ1n) is 8.65. The van der Waals surface area contributed by atoms with E-state index >= 15 is 0 Å². The molecule has 1 aromatic carbocycles. The second-order valence-electron chi connectivity index (χ2n) is 6.83. The normalized spacial score (nSPS) is 21.8. The van der Waals surface area contributed by atoms with Gasteiger partial charge in [0.05, 0.1) is 0 Å². The highest BCUT2D eigenvalue weighted by Crippen LogP contribution is 2.30. The van der Waals surface area contributed by atoms with Crippen LogP contribution in [0.4, 0.5) is 5.69 Å². The summed E-state index contributed by atoms with van der Waals surface area (Å²) in [6, 6.07) is 9.79. The molecule has 1 unspecified atom stereocenters. The summed E-state index contributed by atoms with van der Waals surface area (Å²) in [7, 11) is 0. The number of nitrogens with one attached hydrogen (secondary N) is 1. The average molecular weight is 288 g/mol. The predicted molar refractivity (Wildman–Crippen MR) is 93.1 cm³/mol. The van der Waals surface area contributed by atoms with Crippen molar-refractivity contribution in [2.45, 2.75) is 65.5 Å². The van der Waals surface area contributed by atoms with Gasteiger partial charge in [-0.1, -0.05) is 46.8 Å². The second kappa shape index (κ2) is 6.83. The van der Waals surface area contributed by atoms with Gasteiger partial charge in [0.15, 0.2) is 0 Å². The van der Waals surface area contributed by atoms with Crippen molar-refractivity contribution in [2.24, 2.45) is 5.92 Å². The van der Waals surface area contributed by atoms with E-state index in [4.69, 9.17) is 0 Å². The summed E-state index contributed by atoms with van der Waals surface area (Å²) in [5.41, 5.74) is 3.08. The van der Waals surface area contributed by atoms with Gasteiger partial charge in [0.25, 0.3) is 0 Å². The van der Waals surface area contributed by atoms with Crippen molar-refractivity contribution < 1.29 is 0 Å². The van der Waals surface area contributed by atoms with Crippen LogP contribution in [0.5, 0.6) is 0 Å². The highest BCUT2D eigenvalue weighted by molar-refractivity contribution is 5.50. The molecule has 0 spiro atoms. The Morgan fingerprint density at radius 2 is 1.76 bits per heavy atom. The average Bonchev–Trinajstić information content (AvgIpc) is 2.54. The summed E-state index contributed by atoms with van der Waals surface area (Å²) in [6.45, 7) is 13.7. The third kappa shape index (κ3) is 3.42. The van der Waals surface area contributed by atoms with Crippen LogP contribution in [0.25, 0.3) is 0 Å². The van der Waals surface area contributed by atoms with Gasteiger partial charge >= 0.3 is 0 Å². The minimum atomic E-state index is 0.273. The highest BCUT2D eigenvalue weighted by atomic mass is 15.3. The second-order valence-corrected chi connectivity index (χ2v) is 6.83. The van der Waals surface area contributed by atoms with Crippen LogP contribution in [0.2, 0.25) is 0 Å². The van der Waals surface area contributed by atoms with Gasteiger partial charge < -0.3 is 10.2 Å². The third-order valence-electron chi connectivity index (χ3n) is 5.36. The number of rotatable bonds is 5. The molecule has 1 aromatic rings. The van der Waals surface area contributed by atoms with Crippen molar-refractivity contribution in [3.8, 4) is 0 Å². The number of piperazine rings is 1. The lowest BCUT2D eigenvalue weighted by Gasteiger charge is -2.50. The molecule has 2 heteroatoms. The predicted octanol–water partition coefficient (Wildman–Crippen LogP) is 4.24. The molecule has 1 N–H and O–H groups in total. The fourth-order valence-electron chi connectivity index (χ4n) is 3.46. The first kappa shape index (κ1) is 16.4. The minimum Gasteiger partial charge on any atom is -0.365 e. The Balaban J connectivity index is 2.28. The van der Waals surface area contributed by atoms with Crippen molar-refractivity contribution in [2.75, 3.05) is 18.0 Å². The maximum absolute atomic E-state index is 3.84. The highest BCUT2D eigenvalue weighted by Gasteiger charge is 2.37. The van der Waals surface area contributed by atoms with Gasteiger partial charge in [-0.05, 0) is 42.9 Å². The summed E-state index contributed by atoms with van der Waals surface area (Å²) >= 11 is 0. The van der Waals surface area contributed by atoms with Crippen LogP contribution >= 0.6 is 0 Å². The lowest BCUT2D eigenvalue weighted by Crippen LogP contribution is -2.65. The first-order valence-corrected chi connectivity index (χ1v) is 8.65. The molecule has 0 saturated carbocycles. The number of aryl methyl sites for hydroxylation is 1. The van der Waals surface area contributed by atoms with Gasteiger partial charge in [0.2, 0.25) is 0 Å². The SMILES string of the molecule is CCc1ccc(N2CC(CC)(CC)NCC2C(C)C)cc1. The monoisotopic (exact) mass is 288 g/mol. The molecule has 1 heterocycles. The molecule has 0 radical (unpaired) electrons. The standard InChI is InChI=1S/C19H32N2/c1-6-16-9-11-17(12-10-16)21-14-19(7-2,8-3)20-13-18(21)15(4)5/h9-12,15,18,20H,6-8,13-14H2,1-5H3. The van der Waals surface area contributed by atoms with E-state index in [2.05, 4.69) is 69.1 Å². The fraction of sp³-hybridized carbons (Fsp3) is 0.684. The van der Waals surface area contributed by atoms with Crippen molar-refractivity contribution in [1.82, 2.24) is 5.32 Å². The zero-order valence-corrected chi connectivity index (χ0v) is 14.4. The van der Waals surface area contributed by atoms with E-state index in [0.29, 0.717) is 12.0 Å². The van der Waals surface area contributed by atoms with Crippen LogP contribution in [0, 0.1) is 5.92 Å². The molecule has 0 amide bonds. The maximum Gasteiger partial charge on any atom is 0.0438 e. The number of hydrogen-bond acceptors (Lipinski definition) is 2. The van der Waals surface area contributed by atoms with Crippen LogP contribution in [-0.4, -0.2) is 24.7 Å². The van der Waals surface area contributed by atoms with Gasteiger partial charge in [0.1, 0.15) is 0 Å². The Morgan fingerprint density at radius 1 is 1.14 bits per heavy atom. The van der Waals surface area contributed by atoms with Crippen molar-refractivity contribution in [3.63, 3.8) is 0 Å². The molecule has 2 rings (SSSR count). The number of benzene rings is 1. The molecule has 1 atom stereocenters. The minimum absolute atomic E-state index is 0.273. The quantitative estimate of drug-likeness (QED) is 0.871. The van der Waals surface area contributed by atoms with Crippen molar-refractivity contribution in [1.29, 1.82) is 0 Å². The zero-order valence-electron chi connectivity index (χ0n) is 14.4. The summed E-state index contributed by atoms with van der Waals surface area (Å²) < 4.78 is 0. The third-order valence-corrected chi connectivity index (χ3v) is 5.36. The van der Waals surface area contributed by atoms with Gasteiger partial charge in [-0.3, -0.25) is 0 Å². The Labute approximate surface area is 130 Å². The molecule has 0 bridgehead atoms. The molecular formula is C19H32N2. The van der Waals surface area contributed by atoms with Crippen LogP contribution in [-0.2, 0) is 6.42 Å². The molecule has 1 fully saturated rings. The van der Waals surface area contributed by atoms with Gasteiger partial charge in [-0.2, -0.15) is 0 Å². The topological polar surface area (TPSA) is 15.3 Å². The summed E-state index contributed by atoms with van der Waals surface area (Å²) in [4.78, 5) is 2.65. The Morgan fingerprint density at radius 3 is 2.24 bits per heavy atom. The zero-order chi connectivity index (χ0) is 15.5. The van der Waals surface area contributed by atoms with E-state index in [-0.39, 0.29) is 5.54 Å². The van der Waals surface area contributed by atoms with E-state index in [9.17, 15) is 0 Å². The van der Waals surface area contributed by atoms with E-state index < -0.39 is 0 Å². The van der Waals surface area contributed by atoms with Crippen molar-refractivity contribution in [3.05, 3.63) is 29.8 Å². The van der Waals surface area contributed by atoms with Gasteiger partial charge in [-0.25, -0.2) is 0 Å².